The third kappa shape index (κ3) is 7.40. The van der Waals surface area contributed by atoms with Gasteiger partial charge >= 0.3 is 0 Å². The number of hydrogen-bond donors (Lipinski definition) is 3. The number of piperazine rings is 1. The van der Waals surface area contributed by atoms with Crippen LogP contribution in [0.4, 0.5) is 33.6 Å². The smallest absolute Gasteiger partial charge is 0.233 e. The molecule has 0 unspecified atom stereocenters. The van der Waals surface area contributed by atoms with Gasteiger partial charge in [0.1, 0.15) is 5.82 Å². The molecule has 0 spiro atoms. The first-order valence-electron chi connectivity index (χ1n) is 12.0. The van der Waals surface area contributed by atoms with E-state index in [1.54, 1.807) is 0 Å². The average molecular weight is 500 g/mol. The van der Waals surface area contributed by atoms with Crippen LogP contribution in [-0.2, 0) is 0 Å². The van der Waals surface area contributed by atoms with Crippen molar-refractivity contribution in [2.45, 2.75) is 25.7 Å². The van der Waals surface area contributed by atoms with Crippen LogP contribution in [0.15, 0.2) is 48.5 Å². The molecule has 1 saturated heterocycles. The quantitative estimate of drug-likeness (QED) is 0.327. The molecule has 3 N–H and O–H groups in total. The lowest BCUT2D eigenvalue weighted by molar-refractivity contribution is 0.283. The molecule has 4 rings (SSSR count). The van der Waals surface area contributed by atoms with E-state index in [0.29, 0.717) is 22.9 Å². The molecule has 0 atom stereocenters. The van der Waals surface area contributed by atoms with E-state index >= 15 is 0 Å². The van der Waals surface area contributed by atoms with Crippen LogP contribution < -0.4 is 20.4 Å². The van der Waals surface area contributed by atoms with Crippen molar-refractivity contribution in [1.29, 1.82) is 0 Å². The molecule has 0 radical (unpaired) electrons. The minimum atomic E-state index is -0.230. The summed E-state index contributed by atoms with van der Waals surface area (Å²) in [5.41, 5.74) is 1.85. The van der Waals surface area contributed by atoms with E-state index in [9.17, 15) is 4.39 Å². The van der Waals surface area contributed by atoms with Crippen molar-refractivity contribution in [2.75, 3.05) is 59.8 Å². The van der Waals surface area contributed by atoms with Crippen molar-refractivity contribution < 1.29 is 9.50 Å². The van der Waals surface area contributed by atoms with Gasteiger partial charge < -0.3 is 25.5 Å². The zero-order valence-electron chi connectivity index (χ0n) is 19.6. The summed E-state index contributed by atoms with van der Waals surface area (Å²) < 4.78 is 13.3. The fraction of sp³-hybridized carbons (Fsp3) is 0.400. The van der Waals surface area contributed by atoms with Gasteiger partial charge in [0.2, 0.25) is 17.8 Å². The fourth-order valence-corrected chi connectivity index (χ4v) is 4.04. The first-order chi connectivity index (χ1) is 17.1. The number of benzene rings is 2. The molecule has 8 nitrogen and oxygen atoms in total. The first-order valence-corrected chi connectivity index (χ1v) is 12.4. The lowest BCUT2D eigenvalue weighted by atomic mass is 10.2. The monoisotopic (exact) mass is 499 g/mol. The molecule has 1 aliphatic heterocycles. The Balaban J connectivity index is 1.44. The standard InChI is InChI=1S/C25H31ClFN7O/c26-19-5-9-21(10-6-19)29-24-30-23(28-13-3-1-2-4-18-35)31-25(32-24)34-16-14-33(15-17-34)22-11-7-20(27)8-12-22/h5-12,35H,1-4,13-18H2,(H2,28,29,30,31,32). The van der Waals surface area contributed by atoms with Crippen LogP contribution in [0, 0.1) is 5.82 Å². The van der Waals surface area contributed by atoms with Gasteiger partial charge in [-0.2, -0.15) is 15.0 Å². The number of hydrogen-bond acceptors (Lipinski definition) is 8. The molecule has 2 aromatic carbocycles. The highest BCUT2D eigenvalue weighted by Crippen LogP contribution is 2.22. The van der Waals surface area contributed by atoms with Crippen LogP contribution in [0.3, 0.4) is 0 Å². The van der Waals surface area contributed by atoms with Gasteiger partial charge in [-0.15, -0.1) is 0 Å². The van der Waals surface area contributed by atoms with E-state index in [4.69, 9.17) is 16.7 Å². The number of halogens is 2. The van der Waals surface area contributed by atoms with Gasteiger partial charge in [-0.25, -0.2) is 4.39 Å². The highest BCUT2D eigenvalue weighted by Gasteiger charge is 2.21. The zero-order valence-corrected chi connectivity index (χ0v) is 20.4. The topological polar surface area (TPSA) is 89.4 Å². The second kappa shape index (κ2) is 12.5. The number of aromatic nitrogens is 3. The van der Waals surface area contributed by atoms with Crippen LogP contribution >= 0.6 is 11.6 Å². The summed E-state index contributed by atoms with van der Waals surface area (Å²) in [4.78, 5) is 18.3. The summed E-state index contributed by atoms with van der Waals surface area (Å²) in [5.74, 6) is 1.36. The van der Waals surface area contributed by atoms with Gasteiger partial charge in [-0.1, -0.05) is 24.4 Å². The Morgan fingerprint density at radius 2 is 1.46 bits per heavy atom. The van der Waals surface area contributed by atoms with Crippen LogP contribution in [-0.4, -0.2) is 59.4 Å². The molecule has 2 heterocycles. The molecule has 1 aliphatic rings. The van der Waals surface area contributed by atoms with Gasteiger partial charge in [-0.05, 0) is 61.4 Å². The largest absolute Gasteiger partial charge is 0.396 e. The van der Waals surface area contributed by atoms with Crippen molar-refractivity contribution in [1.82, 2.24) is 15.0 Å². The average Bonchev–Trinajstić information content (AvgIpc) is 2.88. The van der Waals surface area contributed by atoms with Crippen molar-refractivity contribution in [2.24, 2.45) is 0 Å². The molecule has 35 heavy (non-hydrogen) atoms. The molecule has 0 aliphatic carbocycles. The van der Waals surface area contributed by atoms with E-state index in [0.717, 1.165) is 69.8 Å². The Morgan fingerprint density at radius 3 is 2.17 bits per heavy atom. The predicted molar refractivity (Wildman–Crippen MR) is 139 cm³/mol. The normalized spacial score (nSPS) is 13.7. The molecule has 3 aromatic rings. The first kappa shape index (κ1) is 24.9. The van der Waals surface area contributed by atoms with E-state index in [1.807, 2.05) is 36.4 Å². The van der Waals surface area contributed by atoms with E-state index in [1.165, 1.54) is 12.1 Å². The fourth-order valence-electron chi connectivity index (χ4n) is 3.91. The number of unbranched alkanes of at least 4 members (excludes halogenated alkanes) is 3. The predicted octanol–water partition coefficient (Wildman–Crippen LogP) is 4.70. The van der Waals surface area contributed by atoms with Gasteiger partial charge in [0, 0.05) is 55.7 Å². The maximum absolute atomic E-state index is 13.3. The third-order valence-corrected chi connectivity index (χ3v) is 6.10. The van der Waals surface area contributed by atoms with Crippen LogP contribution in [0.2, 0.25) is 5.02 Å². The second-order valence-corrected chi connectivity index (χ2v) is 8.87. The SMILES string of the molecule is OCCCCCCNc1nc(Nc2ccc(Cl)cc2)nc(N2CCN(c3ccc(F)cc3)CC2)n1. The second-order valence-electron chi connectivity index (χ2n) is 8.43. The highest BCUT2D eigenvalue weighted by molar-refractivity contribution is 6.30. The summed E-state index contributed by atoms with van der Waals surface area (Å²) in [6, 6.07) is 14.0. The van der Waals surface area contributed by atoms with Crippen molar-refractivity contribution in [3.63, 3.8) is 0 Å². The van der Waals surface area contributed by atoms with Crippen molar-refractivity contribution in [3.8, 4) is 0 Å². The molecule has 1 aromatic heterocycles. The number of rotatable bonds is 11. The minimum absolute atomic E-state index is 0.230. The number of nitrogens with zero attached hydrogens (tertiary/aromatic N) is 5. The highest BCUT2D eigenvalue weighted by atomic mass is 35.5. The van der Waals surface area contributed by atoms with Gasteiger partial charge in [0.05, 0.1) is 0 Å². The van der Waals surface area contributed by atoms with Gasteiger partial charge in [0.25, 0.3) is 0 Å². The Labute approximate surface area is 210 Å². The molecule has 0 bridgehead atoms. The Morgan fingerprint density at radius 1 is 0.800 bits per heavy atom. The number of aliphatic hydroxyl groups excluding tert-OH is 1. The summed E-state index contributed by atoms with van der Waals surface area (Å²) in [6.45, 7) is 4.02. The maximum atomic E-state index is 13.3. The summed E-state index contributed by atoms with van der Waals surface area (Å²) in [7, 11) is 0. The lowest BCUT2D eigenvalue weighted by Gasteiger charge is -2.36. The number of nitrogens with one attached hydrogen (secondary N) is 2. The Bertz CT molecular complexity index is 1060. The van der Waals surface area contributed by atoms with Crippen LogP contribution in [0.1, 0.15) is 25.7 Å². The molecule has 1 fully saturated rings. The van der Waals surface area contributed by atoms with Gasteiger partial charge in [0.15, 0.2) is 0 Å². The Kier molecular flexibility index (Phi) is 8.91. The van der Waals surface area contributed by atoms with Crippen molar-refractivity contribution >= 4 is 40.8 Å². The minimum Gasteiger partial charge on any atom is -0.396 e. The molecular weight excluding hydrogens is 469 g/mol. The zero-order chi connectivity index (χ0) is 24.5. The van der Waals surface area contributed by atoms with Crippen molar-refractivity contribution in [3.05, 3.63) is 59.4 Å². The summed E-state index contributed by atoms with van der Waals surface area (Å²) in [6.07, 6.45) is 3.83. The maximum Gasteiger partial charge on any atom is 0.233 e. The molecule has 0 amide bonds. The van der Waals surface area contributed by atoms with Gasteiger partial charge in [-0.3, -0.25) is 0 Å². The molecule has 0 saturated carbocycles. The molecule has 10 heteroatoms. The van der Waals surface area contributed by atoms with E-state index in [2.05, 4.69) is 35.4 Å². The molecule has 186 valence electrons. The summed E-state index contributed by atoms with van der Waals surface area (Å²) in [5, 5.41) is 16.2. The van der Waals surface area contributed by atoms with E-state index < -0.39 is 0 Å². The number of anilines is 5. The third-order valence-electron chi connectivity index (χ3n) is 5.85. The lowest BCUT2D eigenvalue weighted by Crippen LogP contribution is -2.47. The van der Waals surface area contributed by atoms with Crippen LogP contribution in [0.5, 0.6) is 0 Å². The van der Waals surface area contributed by atoms with E-state index in [-0.39, 0.29) is 12.4 Å². The summed E-state index contributed by atoms with van der Waals surface area (Å²) >= 11 is 6.01. The number of aliphatic hydroxyl groups is 1. The molecular formula is C25H31ClFN7O. The van der Waals surface area contributed by atoms with Crippen LogP contribution in [0.25, 0.3) is 0 Å². The Hall–Kier alpha value is -3.17.